The summed E-state index contributed by atoms with van der Waals surface area (Å²) in [6.07, 6.45) is 3.91. The number of hydrogen-bond donors (Lipinski definition) is 2. The number of ether oxygens (including phenoxy) is 2. The van der Waals surface area contributed by atoms with Gasteiger partial charge in [0.25, 0.3) is 5.91 Å². The molecule has 0 saturated heterocycles. The van der Waals surface area contributed by atoms with E-state index in [0.29, 0.717) is 11.6 Å². The SMILES string of the molecule is COc1ccc(C(NC(=O)COC(=O)c2cccc(NC(=O)C3CC3)c2)C2CC2)cc1. The number of anilines is 1. The van der Waals surface area contributed by atoms with Gasteiger partial charge in [-0.25, -0.2) is 4.79 Å². The number of amides is 2. The average molecular weight is 422 g/mol. The third-order valence-electron chi connectivity index (χ3n) is 5.53. The molecule has 0 aromatic heterocycles. The van der Waals surface area contributed by atoms with E-state index in [1.165, 1.54) is 0 Å². The summed E-state index contributed by atoms with van der Waals surface area (Å²) >= 11 is 0. The number of benzene rings is 2. The molecule has 2 amide bonds. The van der Waals surface area contributed by atoms with Crippen molar-refractivity contribution in [3.8, 4) is 5.75 Å². The molecule has 1 atom stereocenters. The van der Waals surface area contributed by atoms with Crippen LogP contribution in [0.25, 0.3) is 0 Å². The van der Waals surface area contributed by atoms with Crippen LogP contribution in [0.2, 0.25) is 0 Å². The zero-order chi connectivity index (χ0) is 21.8. The van der Waals surface area contributed by atoms with Crippen molar-refractivity contribution in [2.24, 2.45) is 11.8 Å². The number of nitrogens with one attached hydrogen (secondary N) is 2. The molecule has 7 heteroatoms. The highest BCUT2D eigenvalue weighted by Crippen LogP contribution is 2.41. The lowest BCUT2D eigenvalue weighted by Crippen LogP contribution is -2.33. The maximum Gasteiger partial charge on any atom is 0.338 e. The summed E-state index contributed by atoms with van der Waals surface area (Å²) in [5, 5.41) is 5.78. The summed E-state index contributed by atoms with van der Waals surface area (Å²) in [7, 11) is 1.61. The van der Waals surface area contributed by atoms with E-state index in [2.05, 4.69) is 10.6 Å². The van der Waals surface area contributed by atoms with E-state index in [1.54, 1.807) is 31.4 Å². The summed E-state index contributed by atoms with van der Waals surface area (Å²) in [5.41, 5.74) is 1.83. The number of methoxy groups -OCH3 is 1. The molecule has 2 aromatic rings. The van der Waals surface area contributed by atoms with Gasteiger partial charge in [0.2, 0.25) is 5.91 Å². The van der Waals surface area contributed by atoms with Crippen molar-refractivity contribution in [1.82, 2.24) is 5.32 Å². The second kappa shape index (κ2) is 9.20. The number of hydrogen-bond acceptors (Lipinski definition) is 5. The van der Waals surface area contributed by atoms with Gasteiger partial charge in [-0.15, -0.1) is 0 Å². The fourth-order valence-electron chi connectivity index (χ4n) is 3.46. The summed E-state index contributed by atoms with van der Waals surface area (Å²) in [5.74, 6) is 0.234. The Morgan fingerprint density at radius 3 is 2.42 bits per heavy atom. The van der Waals surface area contributed by atoms with Crippen molar-refractivity contribution < 1.29 is 23.9 Å². The maximum atomic E-state index is 12.4. The Hall–Kier alpha value is -3.35. The molecule has 2 aliphatic carbocycles. The summed E-state index contributed by atoms with van der Waals surface area (Å²) in [6.45, 7) is -0.364. The molecule has 2 saturated carbocycles. The lowest BCUT2D eigenvalue weighted by atomic mass is 10.0. The van der Waals surface area contributed by atoms with E-state index < -0.39 is 5.97 Å². The van der Waals surface area contributed by atoms with E-state index in [1.807, 2.05) is 24.3 Å². The van der Waals surface area contributed by atoms with Gasteiger partial charge in [0.15, 0.2) is 6.61 Å². The van der Waals surface area contributed by atoms with Gasteiger partial charge in [-0.3, -0.25) is 9.59 Å². The topological polar surface area (TPSA) is 93.7 Å². The maximum absolute atomic E-state index is 12.4. The van der Waals surface area contributed by atoms with Crippen LogP contribution >= 0.6 is 0 Å². The fourth-order valence-corrected chi connectivity index (χ4v) is 3.46. The minimum Gasteiger partial charge on any atom is -0.497 e. The first-order chi connectivity index (χ1) is 15.0. The molecule has 2 aromatic carbocycles. The van der Waals surface area contributed by atoms with Crippen molar-refractivity contribution in [3.63, 3.8) is 0 Å². The Balaban J connectivity index is 1.31. The first-order valence-electron chi connectivity index (χ1n) is 10.5. The fraction of sp³-hybridized carbons (Fsp3) is 0.375. The smallest absolute Gasteiger partial charge is 0.338 e. The van der Waals surface area contributed by atoms with Crippen LogP contribution in [0.15, 0.2) is 48.5 Å². The zero-order valence-corrected chi connectivity index (χ0v) is 17.4. The molecule has 0 spiro atoms. The van der Waals surface area contributed by atoms with E-state index in [4.69, 9.17) is 9.47 Å². The molecule has 2 N–H and O–H groups in total. The first kappa shape index (κ1) is 20.9. The van der Waals surface area contributed by atoms with Gasteiger partial charge in [0.05, 0.1) is 18.7 Å². The summed E-state index contributed by atoms with van der Waals surface area (Å²) in [4.78, 5) is 36.7. The average Bonchev–Trinajstić information content (AvgIpc) is 3.69. The second-order valence-electron chi connectivity index (χ2n) is 8.08. The van der Waals surface area contributed by atoms with Crippen LogP contribution in [-0.4, -0.2) is 31.5 Å². The van der Waals surface area contributed by atoms with Crippen LogP contribution in [0.3, 0.4) is 0 Å². The van der Waals surface area contributed by atoms with Gasteiger partial charge in [-0.05, 0) is 67.5 Å². The normalized spacial score (nSPS) is 16.2. The van der Waals surface area contributed by atoms with Crippen LogP contribution in [-0.2, 0) is 14.3 Å². The van der Waals surface area contributed by atoms with Gasteiger partial charge < -0.3 is 20.1 Å². The number of carbonyl (C=O) groups is 3. The molecule has 2 fully saturated rings. The van der Waals surface area contributed by atoms with Crippen molar-refractivity contribution >= 4 is 23.5 Å². The van der Waals surface area contributed by atoms with E-state index >= 15 is 0 Å². The molecule has 1 unspecified atom stereocenters. The standard InChI is InChI=1S/C24H26N2O5/c1-30-20-11-9-16(10-12-20)22(15-5-6-15)26-21(27)14-31-24(29)18-3-2-4-19(13-18)25-23(28)17-7-8-17/h2-4,9-13,15,17,22H,5-8,14H2,1H3,(H,25,28)(H,26,27). The number of esters is 1. The van der Waals surface area contributed by atoms with Crippen molar-refractivity contribution in [3.05, 3.63) is 59.7 Å². The Kier molecular flexibility index (Phi) is 6.21. The van der Waals surface area contributed by atoms with Gasteiger partial charge in [-0.2, -0.15) is 0 Å². The number of carbonyl (C=O) groups excluding carboxylic acids is 3. The molecule has 31 heavy (non-hydrogen) atoms. The van der Waals surface area contributed by atoms with E-state index in [-0.39, 0.29) is 35.9 Å². The van der Waals surface area contributed by atoms with Crippen molar-refractivity contribution in [2.75, 3.05) is 19.0 Å². The molecule has 0 bridgehead atoms. The van der Waals surface area contributed by atoms with Crippen LogP contribution < -0.4 is 15.4 Å². The largest absolute Gasteiger partial charge is 0.497 e. The lowest BCUT2D eigenvalue weighted by Gasteiger charge is -2.19. The van der Waals surface area contributed by atoms with Crippen LogP contribution in [0, 0.1) is 11.8 Å². The van der Waals surface area contributed by atoms with Gasteiger partial charge >= 0.3 is 5.97 Å². The lowest BCUT2D eigenvalue weighted by molar-refractivity contribution is -0.125. The molecule has 7 nitrogen and oxygen atoms in total. The van der Waals surface area contributed by atoms with Crippen LogP contribution in [0.5, 0.6) is 5.75 Å². The predicted molar refractivity (Wildman–Crippen MR) is 115 cm³/mol. The van der Waals surface area contributed by atoms with Gasteiger partial charge in [-0.1, -0.05) is 18.2 Å². The van der Waals surface area contributed by atoms with Crippen LogP contribution in [0.1, 0.15) is 47.6 Å². The Bertz CT molecular complexity index is 964. The third-order valence-corrected chi connectivity index (χ3v) is 5.53. The molecular formula is C24H26N2O5. The zero-order valence-electron chi connectivity index (χ0n) is 17.4. The molecule has 0 aliphatic heterocycles. The van der Waals surface area contributed by atoms with Crippen molar-refractivity contribution in [1.29, 1.82) is 0 Å². The monoisotopic (exact) mass is 422 g/mol. The van der Waals surface area contributed by atoms with Crippen molar-refractivity contribution in [2.45, 2.75) is 31.7 Å². The Morgan fingerprint density at radius 2 is 1.77 bits per heavy atom. The molecule has 2 aliphatic rings. The summed E-state index contributed by atoms with van der Waals surface area (Å²) in [6, 6.07) is 14.0. The molecular weight excluding hydrogens is 396 g/mol. The second-order valence-corrected chi connectivity index (χ2v) is 8.08. The minimum absolute atomic E-state index is 0.0328. The quantitative estimate of drug-likeness (QED) is 0.604. The molecule has 162 valence electrons. The third kappa shape index (κ3) is 5.63. The molecule has 0 radical (unpaired) electrons. The molecule has 4 rings (SSSR count). The molecule has 0 heterocycles. The minimum atomic E-state index is -0.606. The van der Waals surface area contributed by atoms with Gasteiger partial charge in [0.1, 0.15) is 5.75 Å². The van der Waals surface area contributed by atoms with E-state index in [9.17, 15) is 14.4 Å². The number of rotatable bonds is 9. The summed E-state index contributed by atoms with van der Waals surface area (Å²) < 4.78 is 10.4. The van der Waals surface area contributed by atoms with Gasteiger partial charge in [0, 0.05) is 11.6 Å². The highest BCUT2D eigenvalue weighted by atomic mass is 16.5. The Labute approximate surface area is 181 Å². The van der Waals surface area contributed by atoms with Crippen LogP contribution in [0.4, 0.5) is 5.69 Å². The van der Waals surface area contributed by atoms with E-state index in [0.717, 1.165) is 37.0 Å². The predicted octanol–water partition coefficient (Wildman–Crippen LogP) is 3.47. The first-order valence-corrected chi connectivity index (χ1v) is 10.5. The Morgan fingerprint density at radius 1 is 1.03 bits per heavy atom. The highest BCUT2D eigenvalue weighted by molar-refractivity contribution is 5.96. The highest BCUT2D eigenvalue weighted by Gasteiger charge is 2.33.